The maximum Gasteiger partial charge on any atom is 0.407 e. The highest BCUT2D eigenvalue weighted by molar-refractivity contribution is 14.1. The number of carbonyl (C=O) groups excluding carboxylic acids is 1. The van der Waals surface area contributed by atoms with Crippen molar-refractivity contribution in [2.75, 3.05) is 6.61 Å². The van der Waals surface area contributed by atoms with E-state index in [1.54, 1.807) is 12.2 Å². The third kappa shape index (κ3) is 5.85. The number of hydrogen-bond donors (Lipinski definition) is 2. The van der Waals surface area contributed by atoms with E-state index >= 15 is 0 Å². The topological polar surface area (TPSA) is 75.6 Å². The van der Waals surface area contributed by atoms with Crippen LogP contribution in [0.3, 0.4) is 0 Å². The van der Waals surface area contributed by atoms with Gasteiger partial charge >= 0.3 is 12.1 Å². The monoisotopic (exact) mass is 529 g/mol. The van der Waals surface area contributed by atoms with Crippen LogP contribution in [0.4, 0.5) is 4.79 Å². The number of amides is 1. The van der Waals surface area contributed by atoms with Crippen LogP contribution in [0.25, 0.3) is 11.1 Å². The molecule has 0 aromatic heterocycles. The molecular formula is C25H24INO4. The zero-order chi connectivity index (χ0) is 22.4. The van der Waals surface area contributed by atoms with Crippen LogP contribution in [-0.4, -0.2) is 29.8 Å². The molecule has 0 radical (unpaired) electrons. The van der Waals surface area contributed by atoms with Gasteiger partial charge in [0, 0.05) is 9.50 Å². The summed E-state index contributed by atoms with van der Waals surface area (Å²) < 4.78 is 6.32. The normalized spacial score (nSPS) is 14.1. The van der Waals surface area contributed by atoms with E-state index in [2.05, 4.69) is 46.6 Å². The number of hydrogen-bond acceptors (Lipinski definition) is 3. The summed E-state index contributed by atoms with van der Waals surface area (Å²) in [6, 6.07) is 15.0. The van der Waals surface area contributed by atoms with Crippen molar-refractivity contribution in [3.63, 3.8) is 0 Å². The predicted molar refractivity (Wildman–Crippen MR) is 130 cm³/mol. The lowest BCUT2D eigenvalue weighted by Gasteiger charge is -2.17. The Hall–Kier alpha value is -2.87. The average Bonchev–Trinajstić information content (AvgIpc) is 3.05. The number of carboxylic acids is 1. The molecule has 0 saturated heterocycles. The summed E-state index contributed by atoms with van der Waals surface area (Å²) >= 11 is 2.09. The van der Waals surface area contributed by atoms with Gasteiger partial charge < -0.3 is 15.2 Å². The molecule has 0 heterocycles. The lowest BCUT2D eigenvalue weighted by molar-refractivity contribution is -0.139. The fourth-order valence-electron chi connectivity index (χ4n) is 3.69. The van der Waals surface area contributed by atoms with Crippen molar-refractivity contribution in [3.8, 4) is 11.1 Å². The van der Waals surface area contributed by atoms with E-state index in [9.17, 15) is 14.7 Å². The Morgan fingerprint density at radius 3 is 2.29 bits per heavy atom. The van der Waals surface area contributed by atoms with Crippen LogP contribution < -0.4 is 5.32 Å². The molecule has 1 amide bonds. The van der Waals surface area contributed by atoms with Gasteiger partial charge in [-0.2, -0.15) is 0 Å². The SMILES string of the molecule is C=C(I)/C=C\C=C(/C)C[C@H](NC(=O)OCC1c2ccccc2-c2ccccc21)C(=O)O. The molecule has 0 saturated carbocycles. The Kier molecular flexibility index (Phi) is 7.68. The first-order chi connectivity index (χ1) is 14.9. The predicted octanol–water partition coefficient (Wildman–Crippen LogP) is 5.82. The minimum Gasteiger partial charge on any atom is -0.480 e. The molecule has 5 nitrogen and oxygen atoms in total. The van der Waals surface area contributed by atoms with E-state index in [1.807, 2.05) is 49.4 Å². The lowest BCUT2D eigenvalue weighted by atomic mass is 9.98. The molecule has 0 spiro atoms. The standard InChI is InChI=1S/C25H24INO4/c1-16(8-7-9-17(2)26)14-23(24(28)29)27-25(30)31-15-22-20-12-5-3-10-18(20)19-11-4-6-13-21(19)22/h3-13,22-23H,2,14-15H2,1H3,(H,27,30)(H,28,29)/b9-7-,16-8+/t23-/m0/s1. The number of allylic oxidation sites excluding steroid dienone is 4. The van der Waals surface area contributed by atoms with Gasteiger partial charge in [-0.3, -0.25) is 0 Å². The second-order valence-corrected chi connectivity index (χ2v) is 8.77. The molecule has 1 atom stereocenters. The average molecular weight is 529 g/mol. The highest BCUT2D eigenvalue weighted by atomic mass is 127. The molecule has 0 bridgehead atoms. The largest absolute Gasteiger partial charge is 0.480 e. The van der Waals surface area contributed by atoms with Crippen LogP contribution in [0.1, 0.15) is 30.4 Å². The molecule has 31 heavy (non-hydrogen) atoms. The third-order valence-corrected chi connectivity index (χ3v) is 5.48. The molecule has 160 valence electrons. The Bertz CT molecular complexity index is 1010. The smallest absolute Gasteiger partial charge is 0.407 e. The molecule has 2 aromatic rings. The maximum atomic E-state index is 12.4. The molecule has 0 fully saturated rings. The number of aliphatic carboxylic acids is 1. The second kappa shape index (κ2) is 10.4. The zero-order valence-electron chi connectivity index (χ0n) is 17.2. The van der Waals surface area contributed by atoms with Gasteiger partial charge in [0.1, 0.15) is 12.6 Å². The highest BCUT2D eigenvalue weighted by Gasteiger charge is 2.29. The molecular weight excluding hydrogens is 505 g/mol. The quantitative estimate of drug-likeness (QED) is 0.334. The van der Waals surface area contributed by atoms with Gasteiger partial charge in [0.15, 0.2) is 0 Å². The summed E-state index contributed by atoms with van der Waals surface area (Å²) in [7, 11) is 0. The summed E-state index contributed by atoms with van der Waals surface area (Å²) in [5, 5.41) is 12.0. The van der Waals surface area contributed by atoms with Crippen molar-refractivity contribution in [1.29, 1.82) is 0 Å². The van der Waals surface area contributed by atoms with Crippen LogP contribution in [-0.2, 0) is 9.53 Å². The van der Waals surface area contributed by atoms with Crippen molar-refractivity contribution in [2.24, 2.45) is 0 Å². The minimum absolute atomic E-state index is 0.0745. The van der Waals surface area contributed by atoms with Gasteiger partial charge in [-0.25, -0.2) is 9.59 Å². The molecule has 2 N–H and O–H groups in total. The molecule has 2 aromatic carbocycles. The maximum absolute atomic E-state index is 12.4. The highest BCUT2D eigenvalue weighted by Crippen LogP contribution is 2.44. The van der Waals surface area contributed by atoms with Gasteiger partial charge in [0.25, 0.3) is 0 Å². The van der Waals surface area contributed by atoms with E-state index < -0.39 is 18.1 Å². The van der Waals surface area contributed by atoms with E-state index in [0.29, 0.717) is 0 Å². The van der Waals surface area contributed by atoms with E-state index in [-0.39, 0.29) is 18.9 Å². The Morgan fingerprint density at radius 1 is 1.16 bits per heavy atom. The number of fused-ring (bicyclic) bond motifs is 3. The summed E-state index contributed by atoms with van der Waals surface area (Å²) in [6.07, 6.45) is 4.87. The first-order valence-electron chi connectivity index (χ1n) is 9.89. The van der Waals surface area contributed by atoms with Crippen LogP contribution in [0.2, 0.25) is 0 Å². The van der Waals surface area contributed by atoms with Crippen molar-refractivity contribution < 1.29 is 19.4 Å². The van der Waals surface area contributed by atoms with Crippen LogP contribution in [0.15, 0.2) is 82.5 Å². The Balaban J connectivity index is 1.64. The number of ether oxygens (including phenoxy) is 1. The number of benzene rings is 2. The molecule has 0 aliphatic heterocycles. The zero-order valence-corrected chi connectivity index (χ0v) is 19.3. The van der Waals surface area contributed by atoms with Crippen LogP contribution in [0, 0.1) is 0 Å². The minimum atomic E-state index is -1.11. The number of halogens is 1. The second-order valence-electron chi connectivity index (χ2n) is 7.38. The summed E-state index contributed by atoms with van der Waals surface area (Å²) in [4.78, 5) is 24.0. The van der Waals surface area contributed by atoms with Crippen LogP contribution >= 0.6 is 22.6 Å². The van der Waals surface area contributed by atoms with Gasteiger partial charge in [-0.1, -0.05) is 72.8 Å². The lowest BCUT2D eigenvalue weighted by Crippen LogP contribution is -2.41. The summed E-state index contributed by atoms with van der Waals surface area (Å²) in [5.74, 6) is -1.18. The number of nitrogens with one attached hydrogen (secondary N) is 1. The third-order valence-electron chi connectivity index (χ3n) is 5.12. The number of rotatable bonds is 8. The van der Waals surface area contributed by atoms with Crippen LogP contribution in [0.5, 0.6) is 0 Å². The van der Waals surface area contributed by atoms with Crippen molar-refractivity contribution in [3.05, 3.63) is 93.6 Å². The van der Waals surface area contributed by atoms with Crippen molar-refractivity contribution in [1.82, 2.24) is 5.32 Å². The number of carboxylic acid groups (broad SMARTS) is 1. The molecule has 6 heteroatoms. The first-order valence-corrected chi connectivity index (χ1v) is 11.0. The van der Waals surface area contributed by atoms with Gasteiger partial charge in [0.05, 0.1) is 0 Å². The Labute approximate surface area is 195 Å². The Morgan fingerprint density at radius 2 is 1.74 bits per heavy atom. The fourth-order valence-corrected chi connectivity index (χ4v) is 3.90. The first kappa shape index (κ1) is 22.8. The summed E-state index contributed by atoms with van der Waals surface area (Å²) in [5.41, 5.74) is 5.31. The molecule has 3 rings (SSSR count). The van der Waals surface area contributed by atoms with Gasteiger partial charge in [-0.15, -0.1) is 0 Å². The fraction of sp³-hybridized carbons (Fsp3) is 0.200. The number of alkyl carbamates (subject to hydrolysis) is 1. The van der Waals surface area contributed by atoms with Gasteiger partial charge in [0.2, 0.25) is 0 Å². The summed E-state index contributed by atoms with van der Waals surface area (Å²) in [6.45, 7) is 5.72. The van der Waals surface area contributed by atoms with Crippen molar-refractivity contribution >= 4 is 34.7 Å². The molecule has 1 aliphatic rings. The van der Waals surface area contributed by atoms with E-state index in [4.69, 9.17) is 4.74 Å². The van der Waals surface area contributed by atoms with Crippen molar-refractivity contribution in [2.45, 2.75) is 25.3 Å². The van der Waals surface area contributed by atoms with E-state index in [0.717, 1.165) is 31.4 Å². The van der Waals surface area contributed by atoms with E-state index in [1.165, 1.54) is 0 Å². The number of carbonyl (C=O) groups is 2. The molecule has 0 unspecified atom stereocenters. The molecule has 1 aliphatic carbocycles. The van der Waals surface area contributed by atoms with Gasteiger partial charge in [-0.05, 0) is 64.3 Å².